The number of hydrogen-bond donors (Lipinski definition) is 2. The van der Waals surface area contributed by atoms with Crippen molar-refractivity contribution in [1.29, 1.82) is 0 Å². The largest absolute Gasteiger partial charge is 0.464 e. The van der Waals surface area contributed by atoms with Gasteiger partial charge in [0.15, 0.2) is 0 Å². The zero-order valence-corrected chi connectivity index (χ0v) is 9.02. The third kappa shape index (κ3) is 1.54. The molecule has 84 valence electrons. The average molecular weight is 220 g/mol. The van der Waals surface area contributed by atoms with Crippen LogP contribution in [0.4, 0.5) is 5.69 Å². The number of H-pyrrole nitrogens is 1. The van der Waals surface area contributed by atoms with Gasteiger partial charge in [-0.1, -0.05) is 0 Å². The van der Waals surface area contributed by atoms with E-state index >= 15 is 0 Å². The fraction of sp³-hybridized carbons (Fsp3) is 0.200. The van der Waals surface area contributed by atoms with Crippen molar-refractivity contribution in [3.63, 3.8) is 0 Å². The maximum absolute atomic E-state index is 11.4. The van der Waals surface area contributed by atoms with Crippen molar-refractivity contribution in [1.82, 2.24) is 14.8 Å². The topological polar surface area (TPSA) is 85.9 Å². The van der Waals surface area contributed by atoms with E-state index < -0.39 is 0 Å². The molecule has 2 heterocycles. The normalized spacial score (nSPS) is 10.4. The van der Waals surface area contributed by atoms with Gasteiger partial charge in [0.2, 0.25) is 0 Å². The number of nitrogens with zero attached hydrogens (tertiary/aromatic N) is 2. The first-order valence-corrected chi connectivity index (χ1v) is 4.67. The Morgan fingerprint density at radius 2 is 2.38 bits per heavy atom. The molecule has 6 nitrogen and oxygen atoms in total. The van der Waals surface area contributed by atoms with Gasteiger partial charge in [0, 0.05) is 18.8 Å². The predicted octanol–water partition coefficient (Wildman–Crippen LogP) is 0.784. The Bertz CT molecular complexity index is 527. The van der Waals surface area contributed by atoms with Crippen LogP contribution in [0.15, 0.2) is 18.5 Å². The molecule has 0 spiro atoms. The van der Waals surface area contributed by atoms with Crippen molar-refractivity contribution in [3.8, 4) is 11.3 Å². The minimum absolute atomic E-state index is 0.383. The summed E-state index contributed by atoms with van der Waals surface area (Å²) in [6.45, 7) is 0. The first kappa shape index (κ1) is 10.3. The maximum Gasteiger partial charge on any atom is 0.354 e. The Labute approximate surface area is 92.0 Å². The molecule has 0 aliphatic carbocycles. The van der Waals surface area contributed by atoms with Crippen LogP contribution in [-0.2, 0) is 11.8 Å². The van der Waals surface area contributed by atoms with Gasteiger partial charge in [-0.15, -0.1) is 0 Å². The average Bonchev–Trinajstić information content (AvgIpc) is 2.83. The molecular weight excluding hydrogens is 208 g/mol. The van der Waals surface area contributed by atoms with Crippen LogP contribution < -0.4 is 5.73 Å². The summed E-state index contributed by atoms with van der Waals surface area (Å²) < 4.78 is 6.34. The van der Waals surface area contributed by atoms with Crippen LogP contribution in [0.25, 0.3) is 11.3 Å². The van der Waals surface area contributed by atoms with E-state index in [0.29, 0.717) is 17.1 Å². The van der Waals surface area contributed by atoms with E-state index in [2.05, 4.69) is 14.9 Å². The van der Waals surface area contributed by atoms with Crippen molar-refractivity contribution in [2.45, 2.75) is 0 Å². The second-order valence-electron chi connectivity index (χ2n) is 3.42. The second kappa shape index (κ2) is 3.73. The number of aromatic nitrogens is 3. The van der Waals surface area contributed by atoms with Crippen molar-refractivity contribution in [2.75, 3.05) is 12.8 Å². The van der Waals surface area contributed by atoms with Crippen LogP contribution in [-0.4, -0.2) is 27.8 Å². The third-order valence-corrected chi connectivity index (χ3v) is 2.36. The molecule has 16 heavy (non-hydrogen) atoms. The fourth-order valence-corrected chi connectivity index (χ4v) is 1.54. The summed E-state index contributed by atoms with van der Waals surface area (Å²) in [4.78, 5) is 11.4. The number of methoxy groups -OCH3 is 1. The van der Waals surface area contributed by atoms with E-state index in [1.807, 2.05) is 0 Å². The molecule has 3 N–H and O–H groups in total. The van der Waals surface area contributed by atoms with Gasteiger partial charge in [-0.3, -0.25) is 5.10 Å². The van der Waals surface area contributed by atoms with Gasteiger partial charge in [-0.05, 0) is 6.07 Å². The smallest absolute Gasteiger partial charge is 0.354 e. The number of carbonyl (C=O) groups excluding carboxylic acids is 1. The number of aryl methyl sites for hydroxylation is 1. The maximum atomic E-state index is 11.4. The first-order valence-electron chi connectivity index (χ1n) is 4.67. The lowest BCUT2D eigenvalue weighted by molar-refractivity contribution is 0.0590. The summed E-state index contributed by atoms with van der Waals surface area (Å²) in [5, 5.41) is 6.61. The summed E-state index contributed by atoms with van der Waals surface area (Å²) in [7, 11) is 3.11. The highest BCUT2D eigenvalue weighted by Crippen LogP contribution is 2.24. The summed E-state index contributed by atoms with van der Waals surface area (Å²) in [6.07, 6.45) is 3.32. The minimum Gasteiger partial charge on any atom is -0.464 e. The molecule has 0 radical (unpaired) electrons. The molecule has 0 saturated heterocycles. The number of ether oxygens (including phenoxy) is 1. The number of nitrogen functional groups attached to an aromatic ring is 1. The van der Waals surface area contributed by atoms with Crippen LogP contribution in [0.1, 0.15) is 10.5 Å². The fourth-order valence-electron chi connectivity index (χ4n) is 1.54. The van der Waals surface area contributed by atoms with E-state index in [1.54, 1.807) is 23.9 Å². The molecular formula is C10H12N4O2. The van der Waals surface area contributed by atoms with E-state index in [0.717, 1.165) is 5.56 Å². The monoisotopic (exact) mass is 220 g/mol. The third-order valence-electron chi connectivity index (χ3n) is 2.36. The summed E-state index contributed by atoms with van der Waals surface area (Å²) >= 11 is 0. The quantitative estimate of drug-likeness (QED) is 0.732. The second-order valence-corrected chi connectivity index (χ2v) is 3.42. The molecule has 0 bridgehead atoms. The number of esters is 1. The highest BCUT2D eigenvalue weighted by molar-refractivity contribution is 5.90. The number of rotatable bonds is 2. The molecule has 0 aliphatic heterocycles. The van der Waals surface area contributed by atoms with Crippen LogP contribution in [0.2, 0.25) is 0 Å². The van der Waals surface area contributed by atoms with Crippen LogP contribution in [0.3, 0.4) is 0 Å². The summed E-state index contributed by atoms with van der Waals surface area (Å²) in [5.74, 6) is -0.383. The number of hydrogen-bond acceptors (Lipinski definition) is 4. The molecule has 2 rings (SSSR count). The van der Waals surface area contributed by atoms with Crippen molar-refractivity contribution in [2.24, 2.45) is 7.05 Å². The molecule has 6 heteroatoms. The number of aromatic amines is 1. The lowest BCUT2D eigenvalue weighted by Crippen LogP contribution is -2.06. The Morgan fingerprint density at radius 3 is 2.94 bits per heavy atom. The number of carbonyl (C=O) groups is 1. The van der Waals surface area contributed by atoms with E-state index in [4.69, 9.17) is 5.73 Å². The minimum atomic E-state index is -0.383. The SMILES string of the molecule is COC(=O)c1cc(-c2[nH]ncc2N)cn1C. The van der Waals surface area contributed by atoms with Crippen LogP contribution in [0, 0.1) is 0 Å². The molecule has 2 aromatic heterocycles. The lowest BCUT2D eigenvalue weighted by Gasteiger charge is -1.98. The molecule has 0 atom stereocenters. The molecule has 0 saturated carbocycles. The van der Waals surface area contributed by atoms with Crippen molar-refractivity contribution < 1.29 is 9.53 Å². The standard InChI is InChI=1S/C10H12N4O2/c1-14-5-6(3-8(14)10(15)16-2)9-7(11)4-12-13-9/h3-5H,11H2,1-2H3,(H,12,13). The lowest BCUT2D eigenvalue weighted by atomic mass is 10.2. The number of nitrogens with one attached hydrogen (secondary N) is 1. The summed E-state index contributed by atoms with van der Waals surface area (Å²) in [5.41, 5.74) is 8.23. The van der Waals surface area contributed by atoms with Gasteiger partial charge >= 0.3 is 5.97 Å². The van der Waals surface area contributed by atoms with E-state index in [9.17, 15) is 4.79 Å². The van der Waals surface area contributed by atoms with Crippen LogP contribution in [0.5, 0.6) is 0 Å². The van der Waals surface area contributed by atoms with Gasteiger partial charge in [0.25, 0.3) is 0 Å². The highest BCUT2D eigenvalue weighted by Gasteiger charge is 2.14. The van der Waals surface area contributed by atoms with Crippen molar-refractivity contribution in [3.05, 3.63) is 24.2 Å². The molecule has 0 unspecified atom stereocenters. The van der Waals surface area contributed by atoms with Gasteiger partial charge < -0.3 is 15.0 Å². The number of nitrogens with two attached hydrogens (primary N) is 1. The van der Waals surface area contributed by atoms with E-state index in [1.165, 1.54) is 13.3 Å². The van der Waals surface area contributed by atoms with E-state index in [-0.39, 0.29) is 5.97 Å². The van der Waals surface area contributed by atoms with Crippen molar-refractivity contribution >= 4 is 11.7 Å². The summed E-state index contributed by atoms with van der Waals surface area (Å²) in [6, 6.07) is 1.70. The molecule has 0 aromatic carbocycles. The van der Waals surface area contributed by atoms with Gasteiger partial charge in [-0.2, -0.15) is 5.10 Å². The Morgan fingerprint density at radius 1 is 1.62 bits per heavy atom. The zero-order chi connectivity index (χ0) is 11.7. The van der Waals surface area contributed by atoms with Gasteiger partial charge in [-0.25, -0.2) is 4.79 Å². The van der Waals surface area contributed by atoms with Crippen LogP contribution >= 0.6 is 0 Å². The predicted molar refractivity (Wildman–Crippen MR) is 58.7 cm³/mol. The van der Waals surface area contributed by atoms with Gasteiger partial charge in [0.05, 0.1) is 24.7 Å². The molecule has 0 aliphatic rings. The Balaban J connectivity index is 2.46. The van der Waals surface area contributed by atoms with Gasteiger partial charge in [0.1, 0.15) is 5.69 Å². The molecule has 2 aromatic rings. The Hall–Kier alpha value is -2.24. The Kier molecular flexibility index (Phi) is 2.40. The molecule has 0 amide bonds. The number of anilines is 1. The zero-order valence-electron chi connectivity index (χ0n) is 9.02. The molecule has 0 fully saturated rings. The first-order chi connectivity index (χ1) is 7.63. The highest BCUT2D eigenvalue weighted by atomic mass is 16.5.